The summed E-state index contributed by atoms with van der Waals surface area (Å²) >= 11 is 0. The molecule has 0 spiro atoms. The number of aromatic nitrogens is 4. The van der Waals surface area contributed by atoms with Gasteiger partial charge < -0.3 is 15.6 Å². The first kappa shape index (κ1) is 12.3. The average molecular weight is 246 g/mol. The largest absolute Gasteiger partial charge is 0.368 e. The van der Waals surface area contributed by atoms with Crippen LogP contribution in [0.1, 0.15) is 18.3 Å². The van der Waals surface area contributed by atoms with E-state index >= 15 is 0 Å². The van der Waals surface area contributed by atoms with Gasteiger partial charge in [-0.3, -0.25) is 0 Å². The monoisotopic (exact) mass is 246 g/mol. The Morgan fingerprint density at radius 2 is 2.22 bits per heavy atom. The Balaban J connectivity index is 1.94. The summed E-state index contributed by atoms with van der Waals surface area (Å²) in [5, 5.41) is 3.26. The molecule has 2 heterocycles. The number of anilines is 2. The van der Waals surface area contributed by atoms with Crippen LogP contribution < -0.4 is 11.1 Å². The first-order valence-corrected chi connectivity index (χ1v) is 6.03. The van der Waals surface area contributed by atoms with Crippen molar-refractivity contribution in [1.29, 1.82) is 0 Å². The maximum atomic E-state index is 5.56. The van der Waals surface area contributed by atoms with Crippen LogP contribution in [-0.2, 0) is 13.0 Å². The van der Waals surface area contributed by atoms with Gasteiger partial charge in [0.15, 0.2) is 0 Å². The molecule has 0 saturated heterocycles. The Morgan fingerprint density at radius 1 is 1.39 bits per heavy atom. The Labute approximate surface area is 106 Å². The van der Waals surface area contributed by atoms with Crippen LogP contribution in [-0.4, -0.2) is 26.1 Å². The van der Waals surface area contributed by atoms with Crippen molar-refractivity contribution in [3.05, 3.63) is 30.0 Å². The molecular formula is C12H18N6. The third-order valence-electron chi connectivity index (χ3n) is 2.75. The van der Waals surface area contributed by atoms with Crippen molar-refractivity contribution in [2.24, 2.45) is 0 Å². The van der Waals surface area contributed by atoms with E-state index in [1.54, 1.807) is 6.20 Å². The standard InChI is InChI=1S/C12H18N6/c1-3-10-14-4-6-18(10)7-5-15-11-9(2)8-16-12(13)17-11/h4,6,8H,3,5,7H2,1-2H3,(H3,13,15,16,17). The zero-order valence-corrected chi connectivity index (χ0v) is 10.7. The van der Waals surface area contributed by atoms with Crippen molar-refractivity contribution in [3.63, 3.8) is 0 Å². The number of nitrogens with one attached hydrogen (secondary N) is 1. The van der Waals surface area contributed by atoms with Crippen LogP contribution in [0.5, 0.6) is 0 Å². The summed E-state index contributed by atoms with van der Waals surface area (Å²) < 4.78 is 2.13. The fourth-order valence-electron chi connectivity index (χ4n) is 1.79. The van der Waals surface area contributed by atoms with Crippen LogP contribution in [0.25, 0.3) is 0 Å². The molecule has 2 rings (SSSR count). The molecule has 18 heavy (non-hydrogen) atoms. The molecule has 96 valence electrons. The summed E-state index contributed by atoms with van der Waals surface area (Å²) in [7, 11) is 0. The lowest BCUT2D eigenvalue weighted by Gasteiger charge is -2.10. The zero-order valence-electron chi connectivity index (χ0n) is 10.7. The third kappa shape index (κ3) is 2.77. The average Bonchev–Trinajstić information content (AvgIpc) is 2.81. The highest BCUT2D eigenvalue weighted by molar-refractivity contribution is 5.44. The molecule has 0 saturated carbocycles. The zero-order chi connectivity index (χ0) is 13.0. The third-order valence-corrected chi connectivity index (χ3v) is 2.75. The summed E-state index contributed by atoms with van der Waals surface area (Å²) in [6.07, 6.45) is 6.47. The highest BCUT2D eigenvalue weighted by Gasteiger charge is 2.02. The SMILES string of the molecule is CCc1nccn1CCNc1nc(N)ncc1C. The van der Waals surface area contributed by atoms with Crippen molar-refractivity contribution < 1.29 is 0 Å². The Hall–Kier alpha value is -2.11. The minimum absolute atomic E-state index is 0.292. The van der Waals surface area contributed by atoms with Gasteiger partial charge in [0.05, 0.1) is 0 Å². The van der Waals surface area contributed by atoms with Crippen molar-refractivity contribution >= 4 is 11.8 Å². The Kier molecular flexibility index (Phi) is 3.76. The van der Waals surface area contributed by atoms with E-state index in [-0.39, 0.29) is 0 Å². The van der Waals surface area contributed by atoms with E-state index in [2.05, 4.69) is 31.8 Å². The quantitative estimate of drug-likeness (QED) is 0.829. The van der Waals surface area contributed by atoms with E-state index in [9.17, 15) is 0 Å². The predicted molar refractivity (Wildman–Crippen MR) is 71.3 cm³/mol. The summed E-state index contributed by atoms with van der Waals surface area (Å²) in [5.41, 5.74) is 6.55. The molecule has 0 amide bonds. The number of hydrogen-bond acceptors (Lipinski definition) is 5. The molecule has 6 nitrogen and oxygen atoms in total. The van der Waals surface area contributed by atoms with Gasteiger partial charge in [-0.15, -0.1) is 0 Å². The van der Waals surface area contributed by atoms with Crippen LogP contribution in [0.2, 0.25) is 0 Å². The van der Waals surface area contributed by atoms with Crippen LogP contribution >= 0.6 is 0 Å². The van der Waals surface area contributed by atoms with Crippen molar-refractivity contribution in [2.75, 3.05) is 17.6 Å². The normalized spacial score (nSPS) is 10.6. The second kappa shape index (κ2) is 5.48. The minimum Gasteiger partial charge on any atom is -0.368 e. The van der Waals surface area contributed by atoms with Gasteiger partial charge in [-0.2, -0.15) is 4.98 Å². The van der Waals surface area contributed by atoms with Gasteiger partial charge in [-0.1, -0.05) is 6.92 Å². The highest BCUT2D eigenvalue weighted by atomic mass is 15.1. The first-order chi connectivity index (χ1) is 8.70. The molecule has 2 aromatic rings. The second-order valence-electron chi connectivity index (χ2n) is 4.08. The minimum atomic E-state index is 0.292. The number of nitrogens with two attached hydrogens (primary N) is 1. The first-order valence-electron chi connectivity index (χ1n) is 6.03. The Bertz CT molecular complexity index is 519. The molecule has 3 N–H and O–H groups in total. The van der Waals surface area contributed by atoms with E-state index in [0.717, 1.165) is 36.7 Å². The molecule has 6 heteroatoms. The van der Waals surface area contributed by atoms with Crippen molar-refractivity contribution in [3.8, 4) is 0 Å². The van der Waals surface area contributed by atoms with Crippen molar-refractivity contribution in [2.45, 2.75) is 26.8 Å². The number of aryl methyl sites for hydroxylation is 2. The maximum Gasteiger partial charge on any atom is 0.221 e. The van der Waals surface area contributed by atoms with Gasteiger partial charge in [0.25, 0.3) is 0 Å². The molecule has 0 unspecified atom stereocenters. The van der Waals surface area contributed by atoms with Gasteiger partial charge in [0, 0.05) is 43.7 Å². The smallest absolute Gasteiger partial charge is 0.221 e. The van der Waals surface area contributed by atoms with Gasteiger partial charge in [-0.05, 0) is 6.92 Å². The molecule has 2 aromatic heterocycles. The van der Waals surface area contributed by atoms with Crippen LogP contribution in [0.3, 0.4) is 0 Å². The molecule has 0 fully saturated rings. The lowest BCUT2D eigenvalue weighted by Crippen LogP contribution is -2.14. The number of nitrogens with zero attached hydrogens (tertiary/aromatic N) is 4. The number of hydrogen-bond donors (Lipinski definition) is 2. The Morgan fingerprint density at radius 3 is 3.00 bits per heavy atom. The van der Waals surface area contributed by atoms with Crippen molar-refractivity contribution in [1.82, 2.24) is 19.5 Å². The lowest BCUT2D eigenvalue weighted by molar-refractivity contribution is 0.679. The molecule has 0 radical (unpaired) electrons. The molecule has 0 atom stereocenters. The summed E-state index contributed by atoms with van der Waals surface area (Å²) in [6.45, 7) is 5.69. The van der Waals surface area contributed by atoms with E-state index in [1.807, 2.05) is 19.3 Å². The summed E-state index contributed by atoms with van der Waals surface area (Å²) in [5.74, 6) is 2.18. The highest BCUT2D eigenvalue weighted by Crippen LogP contribution is 2.10. The van der Waals surface area contributed by atoms with Gasteiger partial charge in [0.2, 0.25) is 5.95 Å². The lowest BCUT2D eigenvalue weighted by atomic mass is 10.3. The number of rotatable bonds is 5. The fourth-order valence-corrected chi connectivity index (χ4v) is 1.79. The predicted octanol–water partition coefficient (Wildman–Crippen LogP) is 1.24. The molecule has 0 aliphatic carbocycles. The summed E-state index contributed by atoms with van der Waals surface area (Å²) in [4.78, 5) is 12.4. The molecule has 0 aromatic carbocycles. The topological polar surface area (TPSA) is 81.7 Å². The van der Waals surface area contributed by atoms with Gasteiger partial charge in [-0.25, -0.2) is 9.97 Å². The van der Waals surface area contributed by atoms with E-state index in [0.29, 0.717) is 5.95 Å². The van der Waals surface area contributed by atoms with E-state index in [4.69, 9.17) is 5.73 Å². The summed E-state index contributed by atoms with van der Waals surface area (Å²) in [6, 6.07) is 0. The maximum absolute atomic E-state index is 5.56. The second-order valence-corrected chi connectivity index (χ2v) is 4.08. The van der Waals surface area contributed by atoms with E-state index < -0.39 is 0 Å². The van der Waals surface area contributed by atoms with E-state index in [1.165, 1.54) is 0 Å². The number of nitrogen functional groups attached to an aromatic ring is 1. The van der Waals surface area contributed by atoms with Crippen LogP contribution in [0.4, 0.5) is 11.8 Å². The van der Waals surface area contributed by atoms with Gasteiger partial charge in [0.1, 0.15) is 11.6 Å². The molecule has 0 bridgehead atoms. The number of imidazole rings is 1. The fraction of sp³-hybridized carbons (Fsp3) is 0.417. The molecule has 0 aliphatic rings. The molecular weight excluding hydrogens is 228 g/mol. The molecule has 0 aliphatic heterocycles. The van der Waals surface area contributed by atoms with Gasteiger partial charge >= 0.3 is 0 Å². The van der Waals surface area contributed by atoms with Crippen LogP contribution in [0, 0.1) is 6.92 Å². The van der Waals surface area contributed by atoms with Crippen LogP contribution in [0.15, 0.2) is 18.6 Å².